The molecule has 3 amide bonds. The van der Waals surface area contributed by atoms with Gasteiger partial charge in [-0.05, 0) is 43.2 Å². The first kappa shape index (κ1) is 20.5. The summed E-state index contributed by atoms with van der Waals surface area (Å²) >= 11 is 0. The van der Waals surface area contributed by atoms with Crippen LogP contribution in [0.5, 0.6) is 5.75 Å². The highest BCUT2D eigenvalue weighted by Crippen LogP contribution is 2.46. The minimum Gasteiger partial charge on any atom is -0.492 e. The van der Waals surface area contributed by atoms with Crippen LogP contribution in [0.4, 0.5) is 10.5 Å². The number of hydrogen-bond donors (Lipinski definition) is 1. The molecule has 2 aliphatic rings. The zero-order chi connectivity index (χ0) is 23.4. The van der Waals surface area contributed by atoms with Crippen molar-refractivity contribution in [1.29, 1.82) is 0 Å². The molecule has 0 saturated carbocycles. The van der Waals surface area contributed by atoms with Crippen molar-refractivity contribution in [2.45, 2.75) is 32.4 Å². The largest absolute Gasteiger partial charge is 0.492 e. The topological polar surface area (TPSA) is 65.6 Å². The number of aromatic nitrogens is 1. The number of aromatic amines is 1. The fourth-order valence-corrected chi connectivity index (χ4v) is 5.40. The summed E-state index contributed by atoms with van der Waals surface area (Å²) < 4.78 is 5.76. The number of para-hydroxylation sites is 3. The SMILES string of the molecule is CCOc1ccccc1N1C(=O)[C@H]2Cc3c([nH]c4ccccc34)C(c3cccc(C)c3)N2C1=O. The zero-order valence-corrected chi connectivity index (χ0v) is 19.1. The van der Waals surface area contributed by atoms with Crippen molar-refractivity contribution >= 4 is 28.5 Å². The van der Waals surface area contributed by atoms with Gasteiger partial charge in [-0.25, -0.2) is 9.69 Å². The Kier molecular flexibility index (Phi) is 4.69. The van der Waals surface area contributed by atoms with E-state index in [0.29, 0.717) is 24.5 Å². The van der Waals surface area contributed by atoms with Gasteiger partial charge in [0.1, 0.15) is 17.8 Å². The van der Waals surface area contributed by atoms with Crippen molar-refractivity contribution < 1.29 is 14.3 Å². The van der Waals surface area contributed by atoms with E-state index in [0.717, 1.165) is 33.3 Å². The standard InChI is InChI=1S/C28H25N3O3/c1-3-34-24-14-7-6-13-22(24)31-27(32)23-16-20-19-11-4-5-12-21(19)29-25(20)26(30(23)28(31)33)18-10-8-9-17(2)15-18/h4-15,23,26,29H,3,16H2,1-2H3/t23-,26?/m1/s1. The number of hydrogen-bond acceptors (Lipinski definition) is 3. The molecule has 0 aliphatic carbocycles. The van der Waals surface area contributed by atoms with E-state index in [-0.39, 0.29) is 18.0 Å². The molecule has 1 fully saturated rings. The van der Waals surface area contributed by atoms with Crippen molar-refractivity contribution in [2.75, 3.05) is 11.5 Å². The predicted molar refractivity (Wildman–Crippen MR) is 131 cm³/mol. The van der Waals surface area contributed by atoms with Crippen molar-refractivity contribution in [3.05, 3.63) is 95.2 Å². The Morgan fingerprint density at radius 1 is 1.00 bits per heavy atom. The molecule has 3 aromatic carbocycles. The molecule has 1 saturated heterocycles. The smallest absolute Gasteiger partial charge is 0.333 e. The number of benzene rings is 3. The lowest BCUT2D eigenvalue weighted by molar-refractivity contribution is -0.120. The Morgan fingerprint density at radius 3 is 2.62 bits per heavy atom. The summed E-state index contributed by atoms with van der Waals surface area (Å²) in [6.07, 6.45) is 0.472. The summed E-state index contributed by atoms with van der Waals surface area (Å²) in [5.74, 6) is 0.313. The summed E-state index contributed by atoms with van der Waals surface area (Å²) in [4.78, 5) is 34.4. The third kappa shape index (κ3) is 2.95. The van der Waals surface area contributed by atoms with Crippen LogP contribution in [-0.4, -0.2) is 34.5 Å². The first-order valence-electron chi connectivity index (χ1n) is 11.6. The van der Waals surface area contributed by atoms with E-state index in [1.807, 2.05) is 62.4 Å². The Balaban J connectivity index is 1.54. The molecule has 1 N–H and O–H groups in total. The number of aryl methyl sites for hydroxylation is 1. The molecule has 1 aromatic heterocycles. The average Bonchev–Trinajstić information content (AvgIpc) is 3.33. The molecule has 2 aliphatic heterocycles. The van der Waals surface area contributed by atoms with E-state index in [9.17, 15) is 9.59 Å². The fraction of sp³-hybridized carbons (Fsp3) is 0.214. The van der Waals surface area contributed by atoms with Gasteiger partial charge >= 0.3 is 6.03 Å². The molecule has 170 valence electrons. The number of amides is 3. The molecular weight excluding hydrogens is 426 g/mol. The van der Waals surface area contributed by atoms with Crippen LogP contribution >= 0.6 is 0 Å². The van der Waals surface area contributed by atoms with E-state index in [1.54, 1.807) is 17.0 Å². The number of carbonyl (C=O) groups is 2. The van der Waals surface area contributed by atoms with Gasteiger partial charge in [0.25, 0.3) is 5.91 Å². The monoisotopic (exact) mass is 451 g/mol. The van der Waals surface area contributed by atoms with Crippen LogP contribution in [0.1, 0.15) is 35.3 Å². The first-order valence-corrected chi connectivity index (χ1v) is 11.6. The molecule has 1 unspecified atom stereocenters. The van der Waals surface area contributed by atoms with Gasteiger partial charge in [0.2, 0.25) is 0 Å². The van der Waals surface area contributed by atoms with E-state index < -0.39 is 6.04 Å². The van der Waals surface area contributed by atoms with Crippen molar-refractivity contribution in [2.24, 2.45) is 0 Å². The molecule has 3 heterocycles. The summed E-state index contributed by atoms with van der Waals surface area (Å²) in [7, 11) is 0. The lowest BCUT2D eigenvalue weighted by atomic mass is 9.88. The van der Waals surface area contributed by atoms with Gasteiger partial charge in [0, 0.05) is 23.0 Å². The summed E-state index contributed by atoms with van der Waals surface area (Å²) in [5, 5.41) is 1.10. The number of urea groups is 1. The van der Waals surface area contributed by atoms with Crippen LogP contribution < -0.4 is 9.64 Å². The normalized spacial score (nSPS) is 19.5. The Morgan fingerprint density at radius 2 is 1.79 bits per heavy atom. The molecule has 6 nitrogen and oxygen atoms in total. The third-order valence-electron chi connectivity index (χ3n) is 6.81. The molecule has 6 heteroatoms. The van der Waals surface area contributed by atoms with Crippen LogP contribution in [0.15, 0.2) is 72.8 Å². The lowest BCUT2D eigenvalue weighted by Crippen LogP contribution is -2.44. The van der Waals surface area contributed by atoms with E-state index >= 15 is 0 Å². The predicted octanol–water partition coefficient (Wildman–Crippen LogP) is 5.36. The number of nitrogens with zero attached hydrogens (tertiary/aromatic N) is 2. The Bertz CT molecular complexity index is 1440. The number of imide groups is 1. The number of H-pyrrole nitrogens is 1. The summed E-state index contributed by atoms with van der Waals surface area (Å²) in [6.45, 7) is 4.37. The van der Waals surface area contributed by atoms with Crippen LogP contribution in [0, 0.1) is 6.92 Å². The zero-order valence-electron chi connectivity index (χ0n) is 19.1. The second-order valence-corrected chi connectivity index (χ2v) is 8.86. The quantitative estimate of drug-likeness (QED) is 0.425. The minimum atomic E-state index is -0.584. The number of rotatable bonds is 4. The molecule has 34 heavy (non-hydrogen) atoms. The summed E-state index contributed by atoms with van der Waals surface area (Å²) in [5.41, 5.74) is 5.68. The molecular formula is C28H25N3O3. The average molecular weight is 452 g/mol. The molecule has 4 aromatic rings. The third-order valence-corrected chi connectivity index (χ3v) is 6.81. The van der Waals surface area contributed by atoms with Crippen LogP contribution in [0.2, 0.25) is 0 Å². The van der Waals surface area contributed by atoms with Crippen LogP contribution in [0.3, 0.4) is 0 Å². The number of nitrogens with one attached hydrogen (secondary N) is 1. The second-order valence-electron chi connectivity index (χ2n) is 8.86. The fourth-order valence-electron chi connectivity index (χ4n) is 5.40. The van der Waals surface area contributed by atoms with Gasteiger partial charge in [0.05, 0.1) is 12.3 Å². The van der Waals surface area contributed by atoms with Crippen molar-refractivity contribution in [1.82, 2.24) is 9.88 Å². The molecule has 0 bridgehead atoms. The van der Waals surface area contributed by atoms with Gasteiger partial charge in [-0.3, -0.25) is 9.69 Å². The minimum absolute atomic E-state index is 0.217. The van der Waals surface area contributed by atoms with E-state index in [2.05, 4.69) is 17.1 Å². The number of anilines is 1. The second kappa shape index (κ2) is 7.76. The Hall–Kier alpha value is -4.06. The highest BCUT2D eigenvalue weighted by atomic mass is 16.5. The molecule has 6 rings (SSSR count). The number of ether oxygens (including phenoxy) is 1. The maximum Gasteiger partial charge on any atom is 0.333 e. The maximum atomic E-state index is 14.0. The maximum absolute atomic E-state index is 14.0. The first-order chi connectivity index (χ1) is 16.6. The van der Waals surface area contributed by atoms with Crippen molar-refractivity contribution in [3.63, 3.8) is 0 Å². The van der Waals surface area contributed by atoms with Gasteiger partial charge in [-0.15, -0.1) is 0 Å². The highest BCUT2D eigenvalue weighted by Gasteiger charge is 2.53. The van der Waals surface area contributed by atoms with Gasteiger partial charge < -0.3 is 9.72 Å². The highest BCUT2D eigenvalue weighted by molar-refractivity contribution is 6.22. The van der Waals surface area contributed by atoms with Crippen LogP contribution in [0.25, 0.3) is 10.9 Å². The van der Waals surface area contributed by atoms with E-state index in [1.165, 1.54) is 4.90 Å². The van der Waals surface area contributed by atoms with Crippen LogP contribution in [-0.2, 0) is 11.2 Å². The van der Waals surface area contributed by atoms with Gasteiger partial charge in [-0.2, -0.15) is 0 Å². The Labute approximate surface area is 197 Å². The van der Waals surface area contributed by atoms with Crippen molar-refractivity contribution in [3.8, 4) is 5.75 Å². The lowest BCUT2D eigenvalue weighted by Gasteiger charge is -2.36. The van der Waals surface area contributed by atoms with E-state index in [4.69, 9.17) is 4.74 Å². The molecule has 0 spiro atoms. The molecule has 0 radical (unpaired) electrons. The summed E-state index contributed by atoms with van der Waals surface area (Å²) in [6, 6.07) is 22.2. The number of carbonyl (C=O) groups excluding carboxylic acids is 2. The number of fused-ring (bicyclic) bond motifs is 4. The van der Waals surface area contributed by atoms with Gasteiger partial charge in [-0.1, -0.05) is 60.2 Å². The molecule has 2 atom stereocenters. The van der Waals surface area contributed by atoms with Gasteiger partial charge in [0.15, 0.2) is 0 Å².